The van der Waals surface area contributed by atoms with E-state index in [1.807, 2.05) is 35.0 Å². The number of nitrogens with two attached hydrogens (primary N) is 1. The van der Waals surface area contributed by atoms with E-state index in [0.29, 0.717) is 0 Å². The zero-order valence-electron chi connectivity index (χ0n) is 9.84. The fourth-order valence-electron chi connectivity index (χ4n) is 1.81. The Morgan fingerprint density at radius 3 is 2.24 bits per heavy atom. The van der Waals surface area contributed by atoms with Gasteiger partial charge >= 0.3 is 0 Å². The average molecular weight is 249 g/mol. The van der Waals surface area contributed by atoms with Crippen molar-refractivity contribution in [2.24, 2.45) is 5.73 Å². The zero-order valence-corrected chi connectivity index (χ0v) is 10.7. The maximum Gasteiger partial charge on any atom is 0.127 e. The van der Waals surface area contributed by atoms with E-state index < -0.39 is 0 Å². The summed E-state index contributed by atoms with van der Waals surface area (Å²) in [6.07, 6.45) is 0. The van der Waals surface area contributed by atoms with Gasteiger partial charge in [0.15, 0.2) is 0 Å². The summed E-state index contributed by atoms with van der Waals surface area (Å²) in [6.45, 7) is 0. The highest BCUT2D eigenvalue weighted by Crippen LogP contribution is 2.36. The fourth-order valence-corrected chi connectivity index (χ4v) is 2.50. The molecule has 1 heterocycles. The predicted octanol–water partition coefficient (Wildman–Crippen LogP) is 2.81. The number of hydrogen-bond donors (Lipinski definition) is 1. The molecule has 0 aliphatic rings. The van der Waals surface area contributed by atoms with Crippen molar-refractivity contribution in [3.05, 3.63) is 46.2 Å². The van der Waals surface area contributed by atoms with Crippen molar-refractivity contribution >= 4 is 11.3 Å². The molecule has 2 aromatic rings. The molecular formula is C13H15NO2S. The first kappa shape index (κ1) is 12.0. The first-order valence-corrected chi connectivity index (χ1v) is 6.20. The molecule has 0 saturated heterocycles. The lowest BCUT2D eigenvalue weighted by atomic mass is 10.00. The van der Waals surface area contributed by atoms with Crippen LogP contribution in [0.15, 0.2) is 35.0 Å². The molecule has 0 aliphatic heterocycles. The summed E-state index contributed by atoms with van der Waals surface area (Å²) < 4.78 is 10.7. The van der Waals surface area contributed by atoms with Crippen LogP contribution >= 0.6 is 11.3 Å². The van der Waals surface area contributed by atoms with Gasteiger partial charge in [-0.1, -0.05) is 6.07 Å². The zero-order chi connectivity index (χ0) is 12.3. The van der Waals surface area contributed by atoms with Crippen molar-refractivity contribution in [1.82, 2.24) is 0 Å². The number of rotatable bonds is 4. The van der Waals surface area contributed by atoms with Gasteiger partial charge in [-0.05, 0) is 34.5 Å². The van der Waals surface area contributed by atoms with E-state index in [-0.39, 0.29) is 6.04 Å². The summed E-state index contributed by atoms with van der Waals surface area (Å²) in [5.74, 6) is 1.51. The third-order valence-corrected chi connectivity index (χ3v) is 3.38. The molecule has 0 aliphatic carbocycles. The van der Waals surface area contributed by atoms with Gasteiger partial charge in [0, 0.05) is 0 Å². The Balaban J connectivity index is 2.49. The SMILES string of the molecule is COc1cccc(OC)c1[C@H](N)c1ccsc1. The van der Waals surface area contributed by atoms with Crippen LogP contribution in [-0.2, 0) is 0 Å². The Morgan fingerprint density at radius 2 is 1.76 bits per heavy atom. The number of ether oxygens (including phenoxy) is 2. The highest BCUT2D eigenvalue weighted by Gasteiger charge is 2.19. The minimum absolute atomic E-state index is 0.229. The molecule has 3 nitrogen and oxygen atoms in total. The van der Waals surface area contributed by atoms with Gasteiger partial charge in [-0.15, -0.1) is 0 Å². The molecular weight excluding hydrogens is 234 g/mol. The summed E-state index contributed by atoms with van der Waals surface area (Å²) in [5.41, 5.74) is 8.21. The fraction of sp³-hybridized carbons (Fsp3) is 0.231. The molecule has 4 heteroatoms. The third kappa shape index (κ3) is 2.28. The first-order chi connectivity index (χ1) is 8.27. The van der Waals surface area contributed by atoms with E-state index in [4.69, 9.17) is 15.2 Å². The number of hydrogen-bond acceptors (Lipinski definition) is 4. The summed E-state index contributed by atoms with van der Waals surface area (Å²) in [4.78, 5) is 0. The van der Waals surface area contributed by atoms with E-state index in [1.165, 1.54) is 0 Å². The Hall–Kier alpha value is -1.52. The van der Waals surface area contributed by atoms with E-state index in [1.54, 1.807) is 25.6 Å². The summed E-state index contributed by atoms with van der Waals surface area (Å²) in [7, 11) is 3.28. The summed E-state index contributed by atoms with van der Waals surface area (Å²) >= 11 is 1.63. The monoisotopic (exact) mass is 249 g/mol. The topological polar surface area (TPSA) is 44.5 Å². The smallest absolute Gasteiger partial charge is 0.127 e. The molecule has 0 amide bonds. The van der Waals surface area contributed by atoms with Crippen LogP contribution < -0.4 is 15.2 Å². The Morgan fingerprint density at radius 1 is 1.12 bits per heavy atom. The molecule has 0 unspecified atom stereocenters. The highest BCUT2D eigenvalue weighted by molar-refractivity contribution is 7.08. The van der Waals surface area contributed by atoms with Gasteiger partial charge < -0.3 is 15.2 Å². The van der Waals surface area contributed by atoms with Crippen molar-refractivity contribution in [3.8, 4) is 11.5 Å². The largest absolute Gasteiger partial charge is 0.496 e. The lowest BCUT2D eigenvalue weighted by molar-refractivity contribution is 0.382. The van der Waals surface area contributed by atoms with Crippen molar-refractivity contribution < 1.29 is 9.47 Å². The molecule has 1 aromatic heterocycles. The van der Waals surface area contributed by atoms with Crippen LogP contribution in [0.4, 0.5) is 0 Å². The van der Waals surface area contributed by atoms with Crippen LogP contribution in [0, 0.1) is 0 Å². The van der Waals surface area contributed by atoms with Crippen molar-refractivity contribution in [2.45, 2.75) is 6.04 Å². The second kappa shape index (κ2) is 5.21. The molecule has 0 spiro atoms. The van der Waals surface area contributed by atoms with Gasteiger partial charge in [0.25, 0.3) is 0 Å². The van der Waals surface area contributed by atoms with Gasteiger partial charge in [0.05, 0.1) is 25.8 Å². The van der Waals surface area contributed by atoms with Crippen molar-refractivity contribution in [3.63, 3.8) is 0 Å². The molecule has 1 atom stereocenters. The van der Waals surface area contributed by atoms with E-state index in [0.717, 1.165) is 22.6 Å². The van der Waals surface area contributed by atoms with Crippen LogP contribution in [0.2, 0.25) is 0 Å². The lowest BCUT2D eigenvalue weighted by Gasteiger charge is -2.18. The van der Waals surface area contributed by atoms with Crippen molar-refractivity contribution in [2.75, 3.05) is 14.2 Å². The van der Waals surface area contributed by atoms with Crippen LogP contribution in [0.5, 0.6) is 11.5 Å². The van der Waals surface area contributed by atoms with Crippen LogP contribution in [0.3, 0.4) is 0 Å². The Bertz CT molecular complexity index is 460. The van der Waals surface area contributed by atoms with E-state index >= 15 is 0 Å². The Labute approximate surface area is 105 Å². The number of methoxy groups -OCH3 is 2. The van der Waals surface area contributed by atoms with Crippen molar-refractivity contribution in [1.29, 1.82) is 0 Å². The molecule has 17 heavy (non-hydrogen) atoms. The van der Waals surface area contributed by atoms with Gasteiger partial charge in [-0.3, -0.25) is 0 Å². The first-order valence-electron chi connectivity index (χ1n) is 5.26. The van der Waals surface area contributed by atoms with Gasteiger partial charge in [-0.2, -0.15) is 11.3 Å². The summed E-state index contributed by atoms with van der Waals surface area (Å²) in [5, 5.41) is 4.05. The minimum Gasteiger partial charge on any atom is -0.496 e. The summed E-state index contributed by atoms with van der Waals surface area (Å²) in [6, 6.07) is 7.46. The Kier molecular flexibility index (Phi) is 3.66. The lowest BCUT2D eigenvalue weighted by Crippen LogP contribution is -2.13. The van der Waals surface area contributed by atoms with Gasteiger partial charge in [-0.25, -0.2) is 0 Å². The van der Waals surface area contributed by atoms with Crippen LogP contribution in [-0.4, -0.2) is 14.2 Å². The quantitative estimate of drug-likeness (QED) is 0.906. The molecule has 0 fully saturated rings. The van der Waals surface area contributed by atoms with E-state index in [9.17, 15) is 0 Å². The molecule has 90 valence electrons. The average Bonchev–Trinajstić information content (AvgIpc) is 2.90. The maximum absolute atomic E-state index is 6.26. The third-order valence-electron chi connectivity index (χ3n) is 2.68. The maximum atomic E-state index is 6.26. The van der Waals surface area contributed by atoms with Gasteiger partial charge in [0.2, 0.25) is 0 Å². The minimum atomic E-state index is -0.229. The second-order valence-electron chi connectivity index (χ2n) is 3.61. The number of thiophene rings is 1. The molecule has 1 aromatic carbocycles. The highest BCUT2D eigenvalue weighted by atomic mass is 32.1. The molecule has 0 radical (unpaired) electrons. The van der Waals surface area contributed by atoms with E-state index in [2.05, 4.69) is 0 Å². The predicted molar refractivity (Wildman–Crippen MR) is 69.9 cm³/mol. The van der Waals surface area contributed by atoms with Crippen LogP contribution in [0.25, 0.3) is 0 Å². The second-order valence-corrected chi connectivity index (χ2v) is 4.39. The molecule has 2 rings (SSSR count). The van der Waals surface area contributed by atoms with Crippen LogP contribution in [0.1, 0.15) is 17.2 Å². The number of benzene rings is 1. The molecule has 0 saturated carbocycles. The standard InChI is InChI=1S/C13H15NO2S/c1-15-10-4-3-5-11(16-2)12(10)13(14)9-6-7-17-8-9/h3-8,13H,14H2,1-2H3/t13-/m1/s1. The normalized spacial score (nSPS) is 12.2. The molecule has 2 N–H and O–H groups in total. The van der Waals surface area contributed by atoms with Gasteiger partial charge in [0.1, 0.15) is 11.5 Å². The molecule has 0 bridgehead atoms.